The smallest absolute Gasteiger partial charge is 0.178 e. The Bertz CT molecular complexity index is 802. The summed E-state index contributed by atoms with van der Waals surface area (Å²) < 4.78 is 8.04. The fourth-order valence-corrected chi connectivity index (χ4v) is 4.33. The van der Waals surface area contributed by atoms with Gasteiger partial charge in [-0.3, -0.25) is 9.69 Å². The van der Waals surface area contributed by atoms with Gasteiger partial charge in [0.05, 0.1) is 12.6 Å². The number of rotatable bonds is 5. The maximum Gasteiger partial charge on any atom is 0.178 e. The number of ketones is 1. The first-order valence-electron chi connectivity index (χ1n) is 9.72. The van der Waals surface area contributed by atoms with Crippen molar-refractivity contribution in [1.82, 2.24) is 9.47 Å². The van der Waals surface area contributed by atoms with Gasteiger partial charge in [0.25, 0.3) is 0 Å². The molecule has 2 aliphatic rings. The predicted molar refractivity (Wildman–Crippen MR) is 103 cm³/mol. The normalized spacial score (nSPS) is 20.3. The number of nitrogens with zero attached hydrogens (tertiary/aromatic N) is 2. The van der Waals surface area contributed by atoms with Gasteiger partial charge in [0, 0.05) is 43.2 Å². The number of ether oxygens (including phenoxy) is 1. The number of fused-ring (bicyclic) bond motifs is 1. The van der Waals surface area contributed by atoms with E-state index in [1.807, 2.05) is 0 Å². The van der Waals surface area contributed by atoms with Crippen LogP contribution in [0.3, 0.4) is 0 Å². The SMILES string of the molecule is Cc1cc(C(=O)CN2CCc3ccccc3C2)c(C)n1C[C@@H]1CCCO1. The molecule has 0 radical (unpaired) electrons. The van der Waals surface area contributed by atoms with Crippen molar-refractivity contribution >= 4 is 5.78 Å². The van der Waals surface area contributed by atoms with Crippen LogP contribution in [0, 0.1) is 13.8 Å². The first-order valence-corrected chi connectivity index (χ1v) is 9.72. The molecule has 0 unspecified atom stereocenters. The van der Waals surface area contributed by atoms with Crippen molar-refractivity contribution in [2.24, 2.45) is 0 Å². The van der Waals surface area contributed by atoms with Crippen LogP contribution in [0.2, 0.25) is 0 Å². The Morgan fingerprint density at radius 1 is 1.23 bits per heavy atom. The number of benzene rings is 1. The fraction of sp³-hybridized carbons (Fsp3) is 0.500. The number of hydrogen-bond donors (Lipinski definition) is 0. The molecule has 0 N–H and O–H groups in total. The van der Waals surface area contributed by atoms with Crippen LogP contribution in [0.15, 0.2) is 30.3 Å². The Morgan fingerprint density at radius 3 is 2.81 bits per heavy atom. The van der Waals surface area contributed by atoms with Crippen LogP contribution in [0.5, 0.6) is 0 Å². The maximum absolute atomic E-state index is 13.0. The molecule has 1 aromatic carbocycles. The lowest BCUT2D eigenvalue weighted by molar-refractivity contribution is 0.0914. The minimum Gasteiger partial charge on any atom is -0.376 e. The van der Waals surface area contributed by atoms with Gasteiger partial charge in [0.1, 0.15) is 0 Å². The summed E-state index contributed by atoms with van der Waals surface area (Å²) in [6, 6.07) is 10.6. The van der Waals surface area contributed by atoms with Crippen molar-refractivity contribution in [3.8, 4) is 0 Å². The minimum atomic E-state index is 0.232. The monoisotopic (exact) mass is 352 g/mol. The summed E-state index contributed by atoms with van der Waals surface area (Å²) in [5, 5.41) is 0. The van der Waals surface area contributed by atoms with E-state index < -0.39 is 0 Å². The molecule has 0 bridgehead atoms. The van der Waals surface area contributed by atoms with Crippen LogP contribution < -0.4 is 0 Å². The van der Waals surface area contributed by atoms with Gasteiger partial charge in [-0.05, 0) is 50.3 Å². The third kappa shape index (κ3) is 3.49. The molecule has 4 rings (SSSR count). The van der Waals surface area contributed by atoms with Crippen molar-refractivity contribution < 1.29 is 9.53 Å². The quantitative estimate of drug-likeness (QED) is 0.772. The van der Waals surface area contributed by atoms with Crippen molar-refractivity contribution in [3.63, 3.8) is 0 Å². The van der Waals surface area contributed by atoms with Gasteiger partial charge >= 0.3 is 0 Å². The lowest BCUT2D eigenvalue weighted by atomic mass is 9.99. The molecule has 0 saturated carbocycles. The number of hydrogen-bond acceptors (Lipinski definition) is 3. The molecule has 0 amide bonds. The lowest BCUT2D eigenvalue weighted by Crippen LogP contribution is -2.35. The molecule has 3 heterocycles. The van der Waals surface area contributed by atoms with Crippen molar-refractivity contribution in [2.45, 2.75) is 52.3 Å². The molecule has 1 fully saturated rings. The third-order valence-electron chi connectivity index (χ3n) is 5.86. The van der Waals surface area contributed by atoms with Crippen LogP contribution in [0.4, 0.5) is 0 Å². The molecule has 138 valence electrons. The van der Waals surface area contributed by atoms with Crippen LogP contribution in [-0.2, 0) is 24.2 Å². The molecule has 26 heavy (non-hydrogen) atoms. The molecule has 2 aromatic rings. The average Bonchev–Trinajstić information content (AvgIpc) is 3.25. The summed E-state index contributed by atoms with van der Waals surface area (Å²) in [5.74, 6) is 0.232. The van der Waals surface area contributed by atoms with Gasteiger partial charge in [-0.25, -0.2) is 0 Å². The van der Waals surface area contributed by atoms with E-state index in [0.29, 0.717) is 12.6 Å². The summed E-state index contributed by atoms with van der Waals surface area (Å²) in [5.41, 5.74) is 5.89. The highest BCUT2D eigenvalue weighted by atomic mass is 16.5. The van der Waals surface area contributed by atoms with E-state index >= 15 is 0 Å². The zero-order chi connectivity index (χ0) is 18.1. The summed E-state index contributed by atoms with van der Waals surface area (Å²) in [4.78, 5) is 15.2. The van der Waals surface area contributed by atoms with Gasteiger partial charge in [0.15, 0.2) is 5.78 Å². The van der Waals surface area contributed by atoms with Gasteiger partial charge in [-0.2, -0.15) is 0 Å². The molecule has 2 aliphatic heterocycles. The fourth-order valence-electron chi connectivity index (χ4n) is 4.33. The number of carbonyl (C=O) groups excluding carboxylic acids is 1. The number of aryl methyl sites for hydroxylation is 1. The van der Waals surface area contributed by atoms with Gasteiger partial charge in [-0.15, -0.1) is 0 Å². The molecule has 4 nitrogen and oxygen atoms in total. The van der Waals surface area contributed by atoms with E-state index in [1.54, 1.807) is 0 Å². The Kier molecular flexibility index (Phi) is 4.96. The Morgan fingerprint density at radius 2 is 2.04 bits per heavy atom. The van der Waals surface area contributed by atoms with E-state index in [2.05, 4.69) is 53.6 Å². The second kappa shape index (κ2) is 7.37. The first kappa shape index (κ1) is 17.5. The maximum atomic E-state index is 13.0. The second-order valence-electron chi connectivity index (χ2n) is 7.68. The van der Waals surface area contributed by atoms with Crippen LogP contribution in [0.25, 0.3) is 0 Å². The van der Waals surface area contributed by atoms with Crippen molar-refractivity contribution in [1.29, 1.82) is 0 Å². The summed E-state index contributed by atoms with van der Waals surface area (Å²) in [6.45, 7) is 8.22. The highest BCUT2D eigenvalue weighted by Gasteiger charge is 2.23. The average molecular weight is 352 g/mol. The topological polar surface area (TPSA) is 34.5 Å². The Labute approximate surface area is 155 Å². The van der Waals surface area contributed by atoms with Crippen LogP contribution in [-0.4, -0.2) is 41.1 Å². The van der Waals surface area contributed by atoms with E-state index in [0.717, 1.165) is 62.5 Å². The summed E-state index contributed by atoms with van der Waals surface area (Å²) in [7, 11) is 0. The van der Waals surface area contributed by atoms with Crippen molar-refractivity contribution in [3.05, 3.63) is 58.4 Å². The van der Waals surface area contributed by atoms with Crippen LogP contribution >= 0.6 is 0 Å². The zero-order valence-electron chi connectivity index (χ0n) is 15.8. The second-order valence-corrected chi connectivity index (χ2v) is 7.68. The predicted octanol–water partition coefficient (Wildman–Crippen LogP) is 3.52. The first-order chi connectivity index (χ1) is 12.6. The number of carbonyl (C=O) groups is 1. The molecular weight excluding hydrogens is 324 g/mol. The van der Waals surface area contributed by atoms with E-state index in [-0.39, 0.29) is 5.78 Å². The number of Topliss-reactive ketones (excluding diaryl/α,β-unsaturated/α-hetero) is 1. The molecule has 1 atom stereocenters. The van der Waals surface area contributed by atoms with Gasteiger partial charge < -0.3 is 9.30 Å². The third-order valence-corrected chi connectivity index (χ3v) is 5.86. The van der Waals surface area contributed by atoms with Crippen LogP contribution in [0.1, 0.15) is 45.7 Å². The van der Waals surface area contributed by atoms with E-state index in [9.17, 15) is 4.79 Å². The lowest BCUT2D eigenvalue weighted by Gasteiger charge is -2.28. The molecule has 0 spiro atoms. The van der Waals surface area contributed by atoms with E-state index in [1.165, 1.54) is 11.1 Å². The van der Waals surface area contributed by atoms with Crippen molar-refractivity contribution in [2.75, 3.05) is 19.7 Å². The highest BCUT2D eigenvalue weighted by Crippen LogP contribution is 2.22. The van der Waals surface area contributed by atoms with E-state index in [4.69, 9.17) is 4.74 Å². The number of aromatic nitrogens is 1. The molecule has 1 aromatic heterocycles. The summed E-state index contributed by atoms with van der Waals surface area (Å²) in [6.07, 6.45) is 3.59. The minimum absolute atomic E-state index is 0.232. The largest absolute Gasteiger partial charge is 0.376 e. The Hall–Kier alpha value is -1.91. The molecule has 1 saturated heterocycles. The zero-order valence-corrected chi connectivity index (χ0v) is 15.8. The van der Waals surface area contributed by atoms with Gasteiger partial charge in [-0.1, -0.05) is 24.3 Å². The highest BCUT2D eigenvalue weighted by molar-refractivity contribution is 5.99. The molecule has 4 heteroatoms. The Balaban J connectivity index is 1.45. The standard InChI is InChI=1S/C22H28N2O2/c1-16-12-21(17(2)24(16)14-20-8-5-11-26-20)22(25)15-23-10-9-18-6-3-4-7-19(18)13-23/h3-4,6-7,12,20H,5,8-11,13-15H2,1-2H3/t20-/m0/s1. The summed E-state index contributed by atoms with van der Waals surface area (Å²) >= 11 is 0. The molecular formula is C22H28N2O2. The van der Waals surface area contributed by atoms with Gasteiger partial charge in [0.2, 0.25) is 0 Å². The molecule has 0 aliphatic carbocycles.